The zero-order valence-corrected chi connectivity index (χ0v) is 35.8. The average Bonchev–Trinajstić information content (AvgIpc) is 3.89. The topological polar surface area (TPSA) is 165 Å². The SMILES string of the molecule is CNc1cc(N2CCc3c(CN4CCC(CN5CCC6(CC5)CCN(C(=O)c5cc(Cl)c(C)c(N7CCC(=O)NC7=O)c5)CC6)C(F)(F)C4)cccc32)nn2c(C(N)=O)cnc12. The summed E-state index contributed by atoms with van der Waals surface area (Å²) in [7, 11) is 1.78. The number of likely N-dealkylation sites (tertiary alicyclic amines) is 3. The van der Waals surface area contributed by atoms with E-state index in [4.69, 9.17) is 22.4 Å². The van der Waals surface area contributed by atoms with Crippen LogP contribution in [0.15, 0.2) is 42.6 Å². The first-order valence-electron chi connectivity index (χ1n) is 21.5. The minimum Gasteiger partial charge on any atom is -0.385 e. The number of hydrogen-bond acceptors (Lipinski definition) is 10. The number of rotatable bonds is 9. The molecule has 2 aromatic heterocycles. The zero-order chi connectivity index (χ0) is 43.5. The van der Waals surface area contributed by atoms with Crippen LogP contribution in [0, 0.1) is 18.3 Å². The number of halogens is 3. The minimum absolute atomic E-state index is 0.0725. The molecule has 7 heterocycles. The van der Waals surface area contributed by atoms with E-state index in [0.29, 0.717) is 84.7 Å². The summed E-state index contributed by atoms with van der Waals surface area (Å²) < 4.78 is 33.5. The van der Waals surface area contributed by atoms with E-state index in [9.17, 15) is 19.2 Å². The summed E-state index contributed by atoms with van der Waals surface area (Å²) in [5.41, 5.74) is 11.7. The third-order valence-corrected chi connectivity index (χ3v) is 14.4. The molecule has 4 saturated heterocycles. The van der Waals surface area contributed by atoms with E-state index in [1.165, 1.54) is 15.6 Å². The second-order valence-electron chi connectivity index (χ2n) is 17.6. The molecule has 4 N–H and O–H groups in total. The quantitative estimate of drug-likeness (QED) is 0.197. The fourth-order valence-electron chi connectivity index (χ4n) is 10.2. The molecule has 18 heteroatoms. The molecular weight excluding hydrogens is 820 g/mol. The van der Waals surface area contributed by atoms with Gasteiger partial charge in [0.05, 0.1) is 24.1 Å². The third-order valence-electron chi connectivity index (χ3n) is 14.0. The normalized spacial score (nSPS) is 21.7. The van der Waals surface area contributed by atoms with Crippen molar-refractivity contribution in [1.82, 2.24) is 34.6 Å². The number of nitrogens with one attached hydrogen (secondary N) is 2. The first kappa shape index (κ1) is 41.9. The highest BCUT2D eigenvalue weighted by atomic mass is 35.5. The highest BCUT2D eigenvalue weighted by Crippen LogP contribution is 2.44. The fraction of sp³-hybridized carbons (Fsp3) is 0.500. The number of alkyl halides is 2. The molecule has 5 amide bonds. The number of piperidine rings is 3. The van der Waals surface area contributed by atoms with Crippen molar-refractivity contribution in [3.63, 3.8) is 0 Å². The smallest absolute Gasteiger partial charge is 0.328 e. The molecule has 62 heavy (non-hydrogen) atoms. The number of imide groups is 1. The van der Waals surface area contributed by atoms with E-state index in [-0.39, 0.29) is 42.4 Å². The number of aromatic nitrogens is 3. The van der Waals surface area contributed by atoms with E-state index in [1.807, 2.05) is 34.1 Å². The molecule has 5 aliphatic rings. The number of carbonyl (C=O) groups is 4. The Kier molecular flexibility index (Phi) is 11.1. The second-order valence-corrected chi connectivity index (χ2v) is 18.0. The van der Waals surface area contributed by atoms with Crippen LogP contribution < -0.4 is 26.2 Å². The maximum absolute atomic E-state index is 16.0. The lowest BCUT2D eigenvalue weighted by Gasteiger charge is -2.48. The molecule has 1 unspecified atom stereocenters. The number of primary amides is 1. The molecule has 328 valence electrons. The Morgan fingerprint density at radius 3 is 2.40 bits per heavy atom. The van der Waals surface area contributed by atoms with Crippen LogP contribution in [0.1, 0.15) is 76.1 Å². The maximum Gasteiger partial charge on any atom is 0.328 e. The number of fused-ring (bicyclic) bond motifs is 2. The number of urea groups is 1. The van der Waals surface area contributed by atoms with Crippen LogP contribution >= 0.6 is 11.6 Å². The first-order valence-corrected chi connectivity index (χ1v) is 21.9. The lowest BCUT2D eigenvalue weighted by atomic mass is 9.71. The van der Waals surface area contributed by atoms with Crippen LogP contribution in [0.4, 0.5) is 36.5 Å². The monoisotopic (exact) mass is 871 g/mol. The van der Waals surface area contributed by atoms with Crippen molar-refractivity contribution < 1.29 is 28.0 Å². The fourth-order valence-corrected chi connectivity index (χ4v) is 10.5. The van der Waals surface area contributed by atoms with E-state index in [2.05, 4.69) is 25.4 Å². The Labute approximate surface area is 363 Å². The van der Waals surface area contributed by atoms with Gasteiger partial charge in [0.15, 0.2) is 11.5 Å². The van der Waals surface area contributed by atoms with Crippen molar-refractivity contribution in [1.29, 1.82) is 0 Å². The van der Waals surface area contributed by atoms with Gasteiger partial charge in [0, 0.05) is 81.0 Å². The molecule has 4 aromatic rings. The Morgan fingerprint density at radius 1 is 0.952 bits per heavy atom. The van der Waals surface area contributed by atoms with Crippen molar-refractivity contribution in [2.45, 2.75) is 64.3 Å². The van der Waals surface area contributed by atoms with Crippen molar-refractivity contribution in [2.24, 2.45) is 17.1 Å². The number of hydrogen-bond donors (Lipinski definition) is 3. The largest absolute Gasteiger partial charge is 0.385 e. The summed E-state index contributed by atoms with van der Waals surface area (Å²) in [4.78, 5) is 64.0. The highest BCUT2D eigenvalue weighted by Gasteiger charge is 2.47. The lowest BCUT2D eigenvalue weighted by molar-refractivity contribution is -0.123. The average molecular weight is 872 g/mol. The van der Waals surface area contributed by atoms with Crippen LogP contribution in [0.2, 0.25) is 5.02 Å². The number of imidazole rings is 1. The van der Waals surface area contributed by atoms with Crippen molar-refractivity contribution in [3.8, 4) is 0 Å². The van der Waals surface area contributed by atoms with Gasteiger partial charge < -0.3 is 25.8 Å². The summed E-state index contributed by atoms with van der Waals surface area (Å²) in [6.07, 6.45) is 6.24. The number of benzene rings is 2. The Morgan fingerprint density at radius 2 is 1.69 bits per heavy atom. The molecule has 0 bridgehead atoms. The summed E-state index contributed by atoms with van der Waals surface area (Å²) in [6, 6.07) is 10.7. The van der Waals surface area contributed by atoms with Gasteiger partial charge in [-0.25, -0.2) is 23.1 Å². The van der Waals surface area contributed by atoms with Gasteiger partial charge in [-0.1, -0.05) is 23.7 Å². The van der Waals surface area contributed by atoms with Gasteiger partial charge in [-0.2, -0.15) is 0 Å². The van der Waals surface area contributed by atoms with E-state index < -0.39 is 23.8 Å². The summed E-state index contributed by atoms with van der Waals surface area (Å²) in [6.45, 7) is 6.46. The highest BCUT2D eigenvalue weighted by molar-refractivity contribution is 6.32. The molecule has 0 radical (unpaired) electrons. The molecule has 1 spiro atoms. The van der Waals surface area contributed by atoms with E-state index >= 15 is 8.78 Å². The number of anilines is 4. The van der Waals surface area contributed by atoms with Gasteiger partial charge in [0.1, 0.15) is 5.69 Å². The summed E-state index contributed by atoms with van der Waals surface area (Å²) in [5, 5.41) is 10.6. The van der Waals surface area contributed by atoms with Crippen molar-refractivity contribution >= 4 is 63.9 Å². The predicted molar refractivity (Wildman–Crippen MR) is 231 cm³/mol. The first-order chi connectivity index (χ1) is 29.7. The third kappa shape index (κ3) is 7.83. The molecule has 15 nitrogen and oxygen atoms in total. The molecule has 2 aromatic carbocycles. The molecule has 4 fully saturated rings. The van der Waals surface area contributed by atoms with Crippen molar-refractivity contribution in [3.05, 3.63) is 75.6 Å². The van der Waals surface area contributed by atoms with Gasteiger partial charge in [-0.15, -0.1) is 5.10 Å². The second kappa shape index (κ2) is 16.4. The van der Waals surface area contributed by atoms with E-state index in [0.717, 1.165) is 62.0 Å². The molecule has 0 saturated carbocycles. The Balaban J connectivity index is 0.780. The number of nitrogens with zero attached hydrogens (tertiary/aromatic N) is 8. The van der Waals surface area contributed by atoms with Crippen LogP contribution in [0.5, 0.6) is 0 Å². The van der Waals surface area contributed by atoms with Crippen LogP contribution in [0.3, 0.4) is 0 Å². The van der Waals surface area contributed by atoms with Crippen LogP contribution in [-0.4, -0.2) is 125 Å². The minimum atomic E-state index is -2.83. The number of nitrogens with two attached hydrogens (primary N) is 1. The van der Waals surface area contributed by atoms with Gasteiger partial charge in [0.25, 0.3) is 17.7 Å². The molecular formula is C44H52ClF2N11O4. The molecule has 1 atom stereocenters. The zero-order valence-electron chi connectivity index (χ0n) is 35.1. The molecule has 9 rings (SSSR count). The lowest BCUT2D eigenvalue weighted by Crippen LogP contribution is -2.53. The molecule has 5 aliphatic heterocycles. The summed E-state index contributed by atoms with van der Waals surface area (Å²) in [5.74, 6) is -4.03. The molecule has 0 aliphatic carbocycles. The Bertz CT molecular complexity index is 2440. The van der Waals surface area contributed by atoms with Crippen LogP contribution in [0.25, 0.3) is 5.65 Å². The Hall–Kier alpha value is -5.39. The predicted octanol–water partition coefficient (Wildman–Crippen LogP) is 5.45. The number of amides is 5. The maximum atomic E-state index is 16.0. The van der Waals surface area contributed by atoms with Gasteiger partial charge in [0.2, 0.25) is 5.91 Å². The van der Waals surface area contributed by atoms with Gasteiger partial charge in [-0.05, 0) is 105 Å². The van der Waals surface area contributed by atoms with Gasteiger partial charge >= 0.3 is 6.03 Å². The van der Waals surface area contributed by atoms with E-state index in [1.54, 1.807) is 26.1 Å². The standard InChI is InChI=1S/C44H52ClF2N11O4/c1-27-32(45)20-29(21-35(27)57-15-8-38(59)51-42(57)62)41(61)55-18-11-43(12-19-55)9-16-53(17-10-43)25-30-6-13-54(26-44(30,46)47)24-28-4-3-5-34-31(28)7-14-56(34)37-22-33(49-2)40-50-23-36(39(48)60)58(40)52-37/h3-5,20-23,30,49H,6-19,24-26H2,1-2H3,(H2,48,60)(H,51,59,62). The van der Waals surface area contributed by atoms with Gasteiger partial charge in [-0.3, -0.25) is 29.5 Å². The van der Waals surface area contributed by atoms with Crippen LogP contribution in [-0.2, 0) is 17.8 Å². The summed E-state index contributed by atoms with van der Waals surface area (Å²) >= 11 is 6.56. The van der Waals surface area contributed by atoms with Crippen molar-refractivity contribution in [2.75, 3.05) is 81.1 Å². The number of carbonyl (C=O) groups excluding carboxylic acids is 4.